The molecule has 0 spiro atoms. The number of rotatable bonds is 1. The zero-order valence-electron chi connectivity index (χ0n) is 9.76. The van der Waals surface area contributed by atoms with Gasteiger partial charge in [-0.15, -0.1) is 0 Å². The normalized spacial score (nSPS) is 10.8. The van der Waals surface area contributed by atoms with Crippen LogP contribution in [0.15, 0.2) is 58.1 Å². The third kappa shape index (κ3) is 1.76. The summed E-state index contributed by atoms with van der Waals surface area (Å²) in [5.41, 5.74) is -0.817. The lowest BCUT2D eigenvalue weighted by atomic mass is 10.2. The molecular weight excluding hydrogens is 247 g/mol. The van der Waals surface area contributed by atoms with Crippen molar-refractivity contribution in [3.63, 3.8) is 0 Å². The molecule has 3 aromatic rings. The fraction of sp³-hybridized carbons (Fsp3) is 0. The molecule has 1 heterocycles. The zero-order chi connectivity index (χ0) is 13.4. The molecule has 0 amide bonds. The van der Waals surface area contributed by atoms with Crippen LogP contribution in [0, 0.1) is 5.82 Å². The first-order valence-corrected chi connectivity index (χ1v) is 5.67. The highest BCUT2D eigenvalue weighted by molar-refractivity contribution is 5.77. The molecule has 94 valence electrons. The molecule has 19 heavy (non-hydrogen) atoms. The van der Waals surface area contributed by atoms with Gasteiger partial charge in [0.2, 0.25) is 0 Å². The summed E-state index contributed by atoms with van der Waals surface area (Å²) in [5, 5.41) is 0.338. The molecule has 5 heteroatoms. The molecular formula is C14H9FN2O2. The second kappa shape index (κ2) is 4.20. The maximum Gasteiger partial charge on any atom is 0.333 e. The SMILES string of the molecule is O=c1[nH]c2ccccc2c(=O)n1-c1ccccc1F. The van der Waals surface area contributed by atoms with Crippen LogP contribution >= 0.6 is 0 Å². The van der Waals surface area contributed by atoms with Crippen molar-refractivity contribution in [3.05, 3.63) is 75.2 Å². The number of benzene rings is 2. The van der Waals surface area contributed by atoms with E-state index in [1.807, 2.05) is 0 Å². The minimum atomic E-state index is -0.659. The van der Waals surface area contributed by atoms with Crippen LogP contribution in [0.4, 0.5) is 4.39 Å². The van der Waals surface area contributed by atoms with Gasteiger partial charge >= 0.3 is 5.69 Å². The Kier molecular flexibility index (Phi) is 2.52. The third-order valence-corrected chi connectivity index (χ3v) is 2.90. The molecule has 0 radical (unpaired) electrons. The lowest BCUT2D eigenvalue weighted by molar-refractivity contribution is 0.613. The van der Waals surface area contributed by atoms with Crippen molar-refractivity contribution in [2.24, 2.45) is 0 Å². The summed E-state index contributed by atoms with van der Waals surface area (Å²) < 4.78 is 14.5. The van der Waals surface area contributed by atoms with Crippen molar-refractivity contribution >= 4 is 10.9 Å². The molecule has 1 aromatic heterocycles. The molecule has 0 aliphatic carbocycles. The Morgan fingerprint density at radius 2 is 1.63 bits per heavy atom. The fourth-order valence-corrected chi connectivity index (χ4v) is 2.01. The van der Waals surface area contributed by atoms with Crippen molar-refractivity contribution in [3.8, 4) is 5.69 Å². The van der Waals surface area contributed by atoms with E-state index in [9.17, 15) is 14.0 Å². The topological polar surface area (TPSA) is 54.9 Å². The number of H-pyrrole nitrogens is 1. The summed E-state index contributed by atoms with van der Waals surface area (Å²) in [5.74, 6) is -0.620. The van der Waals surface area contributed by atoms with Crippen LogP contribution in [0.1, 0.15) is 0 Å². The highest BCUT2D eigenvalue weighted by Crippen LogP contribution is 2.10. The Morgan fingerprint density at radius 1 is 0.947 bits per heavy atom. The Morgan fingerprint density at radius 3 is 2.42 bits per heavy atom. The van der Waals surface area contributed by atoms with Gasteiger partial charge in [-0.1, -0.05) is 24.3 Å². The summed E-state index contributed by atoms with van der Waals surface area (Å²) in [4.78, 5) is 26.8. The number of para-hydroxylation sites is 2. The van der Waals surface area contributed by atoms with Crippen molar-refractivity contribution in [1.82, 2.24) is 9.55 Å². The van der Waals surface area contributed by atoms with Crippen molar-refractivity contribution < 1.29 is 4.39 Å². The van der Waals surface area contributed by atoms with Gasteiger partial charge in [-0.25, -0.2) is 13.8 Å². The molecule has 0 fully saturated rings. The van der Waals surface area contributed by atoms with Gasteiger partial charge in [0.1, 0.15) is 5.82 Å². The van der Waals surface area contributed by atoms with E-state index < -0.39 is 17.1 Å². The summed E-state index contributed by atoms with van der Waals surface area (Å²) >= 11 is 0. The second-order valence-corrected chi connectivity index (χ2v) is 4.07. The number of halogens is 1. The van der Waals surface area contributed by atoms with E-state index in [2.05, 4.69) is 4.98 Å². The second-order valence-electron chi connectivity index (χ2n) is 4.07. The van der Waals surface area contributed by atoms with Gasteiger partial charge in [0.25, 0.3) is 5.56 Å². The van der Waals surface area contributed by atoms with E-state index in [1.54, 1.807) is 30.3 Å². The largest absolute Gasteiger partial charge is 0.333 e. The Balaban J connectivity index is 2.47. The molecule has 1 N–H and O–H groups in total. The van der Waals surface area contributed by atoms with Gasteiger partial charge in [0.15, 0.2) is 0 Å². The standard InChI is InChI=1S/C14H9FN2O2/c15-10-6-2-4-8-12(10)17-13(18)9-5-1-3-7-11(9)16-14(17)19/h1-8H,(H,16,19). The van der Waals surface area contributed by atoms with E-state index >= 15 is 0 Å². The van der Waals surface area contributed by atoms with Gasteiger partial charge < -0.3 is 4.98 Å². The maximum absolute atomic E-state index is 13.7. The van der Waals surface area contributed by atoms with Crippen LogP contribution in [0.3, 0.4) is 0 Å². The first-order valence-electron chi connectivity index (χ1n) is 5.67. The number of nitrogens with one attached hydrogen (secondary N) is 1. The van der Waals surface area contributed by atoms with Gasteiger partial charge in [-0.3, -0.25) is 4.79 Å². The summed E-state index contributed by atoms with van der Waals surface area (Å²) in [6.45, 7) is 0. The molecule has 4 nitrogen and oxygen atoms in total. The molecule has 3 rings (SSSR count). The highest BCUT2D eigenvalue weighted by Gasteiger charge is 2.11. The average Bonchev–Trinajstić information content (AvgIpc) is 2.41. The first kappa shape index (κ1) is 11.4. The summed E-state index contributed by atoms with van der Waals surface area (Å²) in [6, 6.07) is 12.3. The average molecular weight is 256 g/mol. The molecule has 0 saturated heterocycles. The predicted molar refractivity (Wildman–Crippen MR) is 70.1 cm³/mol. The van der Waals surface area contributed by atoms with Crippen LogP contribution in [0.25, 0.3) is 16.6 Å². The fourth-order valence-electron chi connectivity index (χ4n) is 2.01. The van der Waals surface area contributed by atoms with E-state index in [0.717, 1.165) is 4.57 Å². The van der Waals surface area contributed by atoms with Crippen molar-refractivity contribution in [2.75, 3.05) is 0 Å². The van der Waals surface area contributed by atoms with Crippen LogP contribution in [-0.4, -0.2) is 9.55 Å². The minimum Gasteiger partial charge on any atom is -0.306 e. The number of aromatic nitrogens is 2. The minimum absolute atomic E-state index is 0.0560. The van der Waals surface area contributed by atoms with Crippen LogP contribution in [0.2, 0.25) is 0 Å². The Labute approximate surface area is 106 Å². The van der Waals surface area contributed by atoms with Crippen LogP contribution < -0.4 is 11.2 Å². The van der Waals surface area contributed by atoms with E-state index in [0.29, 0.717) is 10.9 Å². The number of hydrogen-bond donors (Lipinski definition) is 1. The van der Waals surface area contributed by atoms with E-state index in [-0.39, 0.29) is 5.69 Å². The van der Waals surface area contributed by atoms with E-state index in [1.165, 1.54) is 18.2 Å². The molecule has 0 aliphatic heterocycles. The quantitative estimate of drug-likeness (QED) is 0.722. The molecule has 0 saturated carbocycles. The number of aromatic amines is 1. The number of nitrogens with zero attached hydrogens (tertiary/aromatic N) is 1. The maximum atomic E-state index is 13.7. The molecule has 0 aliphatic rings. The molecule has 0 atom stereocenters. The molecule has 0 unspecified atom stereocenters. The zero-order valence-corrected chi connectivity index (χ0v) is 9.76. The molecule has 2 aromatic carbocycles. The first-order chi connectivity index (χ1) is 9.18. The summed E-state index contributed by atoms with van der Waals surface area (Å²) in [7, 11) is 0. The lowest BCUT2D eigenvalue weighted by Crippen LogP contribution is -2.34. The van der Waals surface area contributed by atoms with Gasteiger partial charge in [0.05, 0.1) is 16.6 Å². The van der Waals surface area contributed by atoms with Crippen molar-refractivity contribution in [1.29, 1.82) is 0 Å². The number of fused-ring (bicyclic) bond motifs is 1. The van der Waals surface area contributed by atoms with E-state index in [4.69, 9.17) is 0 Å². The van der Waals surface area contributed by atoms with Crippen LogP contribution in [0.5, 0.6) is 0 Å². The van der Waals surface area contributed by atoms with Gasteiger partial charge in [-0.2, -0.15) is 0 Å². The Bertz CT molecular complexity index is 880. The summed E-state index contributed by atoms with van der Waals surface area (Å²) in [6.07, 6.45) is 0. The monoisotopic (exact) mass is 256 g/mol. The lowest BCUT2D eigenvalue weighted by Gasteiger charge is -2.06. The predicted octanol–water partition coefficient (Wildman–Crippen LogP) is 1.82. The van der Waals surface area contributed by atoms with Crippen molar-refractivity contribution in [2.45, 2.75) is 0 Å². The number of hydrogen-bond acceptors (Lipinski definition) is 2. The third-order valence-electron chi connectivity index (χ3n) is 2.90. The van der Waals surface area contributed by atoms with Crippen LogP contribution in [-0.2, 0) is 0 Å². The molecule has 0 bridgehead atoms. The van der Waals surface area contributed by atoms with Gasteiger partial charge in [0, 0.05) is 0 Å². The smallest absolute Gasteiger partial charge is 0.306 e. The van der Waals surface area contributed by atoms with Gasteiger partial charge in [-0.05, 0) is 24.3 Å². The highest BCUT2D eigenvalue weighted by atomic mass is 19.1. The Hall–Kier alpha value is -2.69.